The van der Waals surface area contributed by atoms with Crippen molar-refractivity contribution in [2.75, 3.05) is 7.05 Å². The van der Waals surface area contributed by atoms with Crippen LogP contribution in [0.4, 0.5) is 0 Å². The molecule has 3 rings (SSSR count). The molecule has 2 N–H and O–H groups in total. The summed E-state index contributed by atoms with van der Waals surface area (Å²) in [6.07, 6.45) is 3.83. The fourth-order valence-corrected chi connectivity index (χ4v) is 3.46. The normalized spacial score (nSPS) is 11.1. The summed E-state index contributed by atoms with van der Waals surface area (Å²) in [6.45, 7) is 6.21. The molecule has 0 atom stereocenters. The average molecular weight is 496 g/mol. The second-order valence-electron chi connectivity index (χ2n) is 5.99. The molecule has 1 aromatic carbocycles. The van der Waals surface area contributed by atoms with Gasteiger partial charge < -0.3 is 15.2 Å². The number of guanidine groups is 1. The minimum atomic E-state index is 0. The topological polar surface area (TPSA) is 67.1 Å². The van der Waals surface area contributed by atoms with E-state index in [1.165, 1.54) is 10.4 Å². The lowest BCUT2D eigenvalue weighted by atomic mass is 10.2. The first kappa shape index (κ1) is 21.4. The van der Waals surface area contributed by atoms with Crippen molar-refractivity contribution in [2.45, 2.75) is 33.5 Å². The highest BCUT2D eigenvalue weighted by Crippen LogP contribution is 2.15. The Balaban J connectivity index is 0.00000261. The number of thiazole rings is 1. The van der Waals surface area contributed by atoms with Gasteiger partial charge >= 0.3 is 0 Å². The Labute approximate surface area is 181 Å². The quantitative estimate of drug-likeness (QED) is 0.312. The number of hydrogen-bond donors (Lipinski definition) is 2. The Kier molecular flexibility index (Phi) is 8.23. The maximum atomic E-state index is 4.54. The van der Waals surface area contributed by atoms with Crippen molar-refractivity contribution in [1.29, 1.82) is 0 Å². The van der Waals surface area contributed by atoms with Gasteiger partial charge in [-0.05, 0) is 19.4 Å². The molecule has 27 heavy (non-hydrogen) atoms. The number of rotatable bonds is 6. The number of hydrogen-bond acceptors (Lipinski definition) is 4. The number of imidazole rings is 1. The smallest absolute Gasteiger partial charge is 0.191 e. The number of aryl methyl sites for hydroxylation is 2. The fraction of sp³-hybridized carbons (Fsp3) is 0.316. The molecule has 0 unspecified atom stereocenters. The summed E-state index contributed by atoms with van der Waals surface area (Å²) in [7, 11) is 1.77. The van der Waals surface area contributed by atoms with Crippen LogP contribution in [0.3, 0.4) is 0 Å². The van der Waals surface area contributed by atoms with Gasteiger partial charge in [0.05, 0.1) is 18.8 Å². The van der Waals surface area contributed by atoms with Crippen LogP contribution in [-0.4, -0.2) is 27.5 Å². The molecule has 2 aromatic heterocycles. The highest BCUT2D eigenvalue weighted by Gasteiger charge is 2.07. The first-order valence-corrected chi connectivity index (χ1v) is 9.38. The summed E-state index contributed by atoms with van der Waals surface area (Å²) in [4.78, 5) is 14.5. The number of benzene rings is 1. The Morgan fingerprint density at radius 2 is 1.89 bits per heavy atom. The highest BCUT2D eigenvalue weighted by molar-refractivity contribution is 14.0. The number of aliphatic imine (C=N–C) groups is 1. The van der Waals surface area contributed by atoms with Gasteiger partial charge in [0.1, 0.15) is 10.8 Å². The third kappa shape index (κ3) is 6.03. The first-order valence-electron chi connectivity index (χ1n) is 8.57. The Morgan fingerprint density at radius 1 is 1.15 bits per heavy atom. The van der Waals surface area contributed by atoms with E-state index < -0.39 is 0 Å². The molecule has 6 nitrogen and oxygen atoms in total. The largest absolute Gasteiger partial charge is 0.350 e. The second-order valence-corrected chi connectivity index (χ2v) is 7.27. The van der Waals surface area contributed by atoms with Crippen molar-refractivity contribution < 1.29 is 0 Å². The number of nitrogens with one attached hydrogen (secondary N) is 2. The summed E-state index contributed by atoms with van der Waals surface area (Å²) in [6, 6.07) is 10.4. The van der Waals surface area contributed by atoms with Gasteiger partial charge in [-0.15, -0.1) is 35.3 Å². The van der Waals surface area contributed by atoms with Crippen molar-refractivity contribution in [3.05, 3.63) is 69.7 Å². The molecule has 0 saturated carbocycles. The molecule has 0 aliphatic heterocycles. The van der Waals surface area contributed by atoms with Gasteiger partial charge in [0.15, 0.2) is 5.96 Å². The van der Waals surface area contributed by atoms with Crippen molar-refractivity contribution >= 4 is 41.3 Å². The molecule has 3 aromatic rings. The molecule has 0 spiro atoms. The molecule has 0 bridgehead atoms. The lowest BCUT2D eigenvalue weighted by Gasteiger charge is -2.12. The van der Waals surface area contributed by atoms with Crippen LogP contribution >= 0.6 is 35.3 Å². The maximum Gasteiger partial charge on any atom is 0.191 e. The summed E-state index contributed by atoms with van der Waals surface area (Å²) >= 11 is 1.71. The van der Waals surface area contributed by atoms with E-state index in [2.05, 4.69) is 61.4 Å². The van der Waals surface area contributed by atoms with E-state index >= 15 is 0 Å². The second kappa shape index (κ2) is 10.4. The monoisotopic (exact) mass is 496 g/mol. The molecule has 0 amide bonds. The molecule has 144 valence electrons. The molecule has 8 heteroatoms. The van der Waals surface area contributed by atoms with E-state index in [1.807, 2.05) is 25.4 Å². The lowest BCUT2D eigenvalue weighted by Crippen LogP contribution is -2.37. The zero-order valence-corrected chi connectivity index (χ0v) is 18.9. The van der Waals surface area contributed by atoms with Crippen LogP contribution in [0.2, 0.25) is 0 Å². The third-order valence-electron chi connectivity index (χ3n) is 4.11. The predicted molar refractivity (Wildman–Crippen MR) is 122 cm³/mol. The van der Waals surface area contributed by atoms with Crippen molar-refractivity contribution in [3.63, 3.8) is 0 Å². The minimum Gasteiger partial charge on any atom is -0.350 e. The summed E-state index contributed by atoms with van der Waals surface area (Å²) < 4.78 is 2.14. The molecule has 0 aliphatic rings. The summed E-state index contributed by atoms with van der Waals surface area (Å²) in [5.41, 5.74) is 2.35. The van der Waals surface area contributed by atoms with Gasteiger partial charge in [-0.3, -0.25) is 4.99 Å². The number of halogens is 1. The van der Waals surface area contributed by atoms with Crippen LogP contribution in [0.1, 0.15) is 27.0 Å². The molecular weight excluding hydrogens is 471 g/mol. The Morgan fingerprint density at radius 3 is 2.56 bits per heavy atom. The van der Waals surface area contributed by atoms with Gasteiger partial charge in [0.25, 0.3) is 0 Å². The first-order chi connectivity index (χ1) is 12.7. The predicted octanol–water partition coefficient (Wildman–Crippen LogP) is 3.49. The van der Waals surface area contributed by atoms with Crippen LogP contribution in [0.25, 0.3) is 0 Å². The van der Waals surface area contributed by atoms with Crippen LogP contribution < -0.4 is 10.6 Å². The van der Waals surface area contributed by atoms with Gasteiger partial charge in [-0.2, -0.15) is 0 Å². The standard InChI is InChI=1S/C19H24N6S.HI/c1-14-15(2)26-18(24-14)12-23-19(20-3)22-11-17-21-9-10-25(17)13-16-7-5-4-6-8-16;/h4-10H,11-13H2,1-3H3,(H2,20,22,23);1H. The maximum absolute atomic E-state index is 4.54. The van der Waals surface area contributed by atoms with Crippen molar-refractivity contribution in [3.8, 4) is 0 Å². The van der Waals surface area contributed by atoms with E-state index in [0.717, 1.165) is 29.0 Å². The summed E-state index contributed by atoms with van der Waals surface area (Å²) in [5, 5.41) is 7.69. The molecule has 0 saturated heterocycles. The minimum absolute atomic E-state index is 0. The third-order valence-corrected chi connectivity index (χ3v) is 5.19. The zero-order chi connectivity index (χ0) is 18.4. The van der Waals surface area contributed by atoms with Crippen molar-refractivity contribution in [1.82, 2.24) is 25.2 Å². The fourth-order valence-electron chi connectivity index (χ4n) is 2.59. The van der Waals surface area contributed by atoms with E-state index in [-0.39, 0.29) is 24.0 Å². The Hall–Kier alpha value is -1.94. The molecule has 0 aliphatic carbocycles. The van der Waals surface area contributed by atoms with E-state index in [4.69, 9.17) is 0 Å². The molecule has 0 radical (unpaired) electrons. The number of nitrogens with zero attached hydrogens (tertiary/aromatic N) is 4. The van der Waals surface area contributed by atoms with E-state index in [0.29, 0.717) is 13.1 Å². The molecular formula is C19H25IN6S. The SMILES string of the molecule is CN=C(NCc1nc(C)c(C)s1)NCc1nccn1Cc1ccccc1.I. The lowest BCUT2D eigenvalue weighted by molar-refractivity contribution is 0.687. The zero-order valence-electron chi connectivity index (χ0n) is 15.8. The number of aromatic nitrogens is 3. The van der Waals surface area contributed by atoms with Gasteiger partial charge in [0.2, 0.25) is 0 Å². The van der Waals surface area contributed by atoms with Gasteiger partial charge in [-0.1, -0.05) is 30.3 Å². The summed E-state index contributed by atoms with van der Waals surface area (Å²) in [5.74, 6) is 1.71. The van der Waals surface area contributed by atoms with E-state index in [1.54, 1.807) is 18.4 Å². The molecule has 0 fully saturated rings. The van der Waals surface area contributed by atoms with Gasteiger partial charge in [-0.25, -0.2) is 9.97 Å². The van der Waals surface area contributed by atoms with Crippen LogP contribution in [-0.2, 0) is 19.6 Å². The Bertz CT molecular complexity index is 852. The average Bonchev–Trinajstić information content (AvgIpc) is 3.22. The van der Waals surface area contributed by atoms with E-state index in [9.17, 15) is 0 Å². The molecule has 2 heterocycles. The van der Waals surface area contributed by atoms with Crippen LogP contribution in [0.5, 0.6) is 0 Å². The van der Waals surface area contributed by atoms with Crippen molar-refractivity contribution in [2.24, 2.45) is 4.99 Å². The van der Waals surface area contributed by atoms with Gasteiger partial charge in [0, 0.05) is 30.9 Å². The highest BCUT2D eigenvalue weighted by atomic mass is 127. The van der Waals surface area contributed by atoms with Crippen LogP contribution in [0.15, 0.2) is 47.7 Å². The van der Waals surface area contributed by atoms with Crippen LogP contribution in [0, 0.1) is 13.8 Å².